The molecule has 0 aliphatic carbocycles. The third kappa shape index (κ3) is 6.48. The molecule has 1 aromatic heterocycles. The number of hydrogen-bond donors (Lipinski definition) is 3. The van der Waals surface area contributed by atoms with Crippen molar-refractivity contribution in [3.8, 4) is 0 Å². The standard InChI is InChI=1S/C22H27ClN4O3S/c1-6-15(14-24-5)19(26-28)13-20-18(23)11-12-21(25-20)27-31(29,30)17-9-7-16(8-10-17)22(2,3)4/h6-12,14,19,26,28H,1,5,13H2,2-4H3,(H,25,27)/b15-14+. The molecule has 0 saturated heterocycles. The van der Waals surface area contributed by atoms with Crippen LogP contribution in [0.15, 0.2) is 70.7 Å². The highest BCUT2D eigenvalue weighted by atomic mass is 35.5. The van der Waals surface area contributed by atoms with Gasteiger partial charge in [-0.15, -0.1) is 0 Å². The highest BCUT2D eigenvalue weighted by Gasteiger charge is 2.20. The molecule has 0 saturated carbocycles. The van der Waals surface area contributed by atoms with Gasteiger partial charge >= 0.3 is 0 Å². The Bertz CT molecular complexity index is 1070. The quantitative estimate of drug-likeness (QED) is 0.289. The van der Waals surface area contributed by atoms with Gasteiger partial charge in [0.05, 0.1) is 21.7 Å². The SMILES string of the molecule is C=C/C(=C\N=C)C(Cc1nc(NS(=O)(=O)c2ccc(C(C)(C)C)cc2)ccc1Cl)NO. The molecular weight excluding hydrogens is 436 g/mol. The van der Waals surface area contributed by atoms with Crippen molar-refractivity contribution in [1.82, 2.24) is 10.5 Å². The predicted octanol–water partition coefficient (Wildman–Crippen LogP) is 4.49. The first-order chi connectivity index (χ1) is 14.5. The highest BCUT2D eigenvalue weighted by molar-refractivity contribution is 7.92. The molecule has 1 heterocycles. The number of rotatable bonds is 9. The largest absolute Gasteiger partial charge is 0.316 e. The summed E-state index contributed by atoms with van der Waals surface area (Å²) in [4.78, 5) is 8.13. The van der Waals surface area contributed by atoms with Gasteiger partial charge in [0.15, 0.2) is 0 Å². The Morgan fingerprint density at radius 1 is 1.26 bits per heavy atom. The fraction of sp³-hybridized carbons (Fsp3) is 0.273. The van der Waals surface area contributed by atoms with Gasteiger partial charge in [0, 0.05) is 12.6 Å². The molecule has 166 valence electrons. The molecule has 0 bridgehead atoms. The average Bonchev–Trinajstić information content (AvgIpc) is 2.72. The van der Waals surface area contributed by atoms with E-state index in [0.717, 1.165) is 5.56 Å². The number of aliphatic imine (C=N–C) groups is 1. The number of nitrogens with zero attached hydrogens (tertiary/aromatic N) is 2. The molecule has 2 aromatic rings. The zero-order valence-electron chi connectivity index (χ0n) is 17.8. The van der Waals surface area contributed by atoms with Gasteiger partial charge in [-0.1, -0.05) is 57.2 Å². The fourth-order valence-electron chi connectivity index (χ4n) is 2.84. The summed E-state index contributed by atoms with van der Waals surface area (Å²) in [6.45, 7) is 13.2. The van der Waals surface area contributed by atoms with Crippen LogP contribution in [0.3, 0.4) is 0 Å². The van der Waals surface area contributed by atoms with Crippen molar-refractivity contribution < 1.29 is 13.6 Å². The summed E-state index contributed by atoms with van der Waals surface area (Å²) in [5.41, 5.74) is 4.06. The van der Waals surface area contributed by atoms with E-state index in [0.29, 0.717) is 16.3 Å². The number of hydroxylamine groups is 1. The summed E-state index contributed by atoms with van der Waals surface area (Å²) in [6.07, 6.45) is 3.13. The molecule has 1 aromatic carbocycles. The number of nitrogens with one attached hydrogen (secondary N) is 2. The Balaban J connectivity index is 2.29. The summed E-state index contributed by atoms with van der Waals surface area (Å²) in [5.74, 6) is 0.113. The van der Waals surface area contributed by atoms with Gasteiger partial charge in [-0.25, -0.2) is 13.4 Å². The minimum absolute atomic E-state index is 0.0838. The average molecular weight is 463 g/mol. The Morgan fingerprint density at radius 2 is 1.90 bits per heavy atom. The number of hydrogen-bond acceptors (Lipinski definition) is 6. The monoisotopic (exact) mass is 462 g/mol. The summed E-state index contributed by atoms with van der Waals surface area (Å²) >= 11 is 6.24. The first-order valence-electron chi connectivity index (χ1n) is 9.48. The Kier molecular flexibility index (Phi) is 8.14. The van der Waals surface area contributed by atoms with Crippen molar-refractivity contribution in [3.05, 3.63) is 77.1 Å². The Morgan fingerprint density at radius 3 is 2.42 bits per heavy atom. The lowest BCUT2D eigenvalue weighted by Crippen LogP contribution is -2.30. The van der Waals surface area contributed by atoms with Crippen molar-refractivity contribution in [3.63, 3.8) is 0 Å². The molecule has 3 N–H and O–H groups in total. The van der Waals surface area contributed by atoms with Crippen molar-refractivity contribution in [1.29, 1.82) is 0 Å². The molecule has 0 radical (unpaired) electrons. The van der Waals surface area contributed by atoms with Gasteiger partial charge in [-0.05, 0) is 47.5 Å². The van der Waals surface area contributed by atoms with Crippen molar-refractivity contribution in [2.24, 2.45) is 4.99 Å². The van der Waals surface area contributed by atoms with Gasteiger partial charge < -0.3 is 5.21 Å². The zero-order valence-corrected chi connectivity index (χ0v) is 19.3. The number of benzene rings is 1. The zero-order chi connectivity index (χ0) is 23.2. The van der Waals surface area contributed by atoms with E-state index in [-0.39, 0.29) is 22.5 Å². The van der Waals surface area contributed by atoms with Crippen molar-refractivity contribution in [2.45, 2.75) is 43.5 Å². The molecule has 0 spiro atoms. The second-order valence-corrected chi connectivity index (χ2v) is 10.00. The Hall–Kier alpha value is -2.52. The maximum atomic E-state index is 12.8. The molecule has 7 nitrogen and oxygen atoms in total. The van der Waals surface area contributed by atoms with Crippen LogP contribution in [0, 0.1) is 0 Å². The number of anilines is 1. The maximum Gasteiger partial charge on any atom is 0.263 e. The van der Waals surface area contributed by atoms with Crippen LogP contribution in [0.5, 0.6) is 0 Å². The van der Waals surface area contributed by atoms with Crippen LogP contribution < -0.4 is 10.2 Å². The molecule has 0 aliphatic heterocycles. The first-order valence-corrected chi connectivity index (χ1v) is 11.3. The third-order valence-corrected chi connectivity index (χ3v) is 6.33. The van der Waals surface area contributed by atoms with Crippen LogP contribution in [-0.2, 0) is 21.9 Å². The topological polar surface area (TPSA) is 104 Å². The minimum atomic E-state index is -3.84. The summed E-state index contributed by atoms with van der Waals surface area (Å²) in [5, 5.41) is 9.83. The van der Waals surface area contributed by atoms with Gasteiger partial charge in [0.1, 0.15) is 5.82 Å². The van der Waals surface area contributed by atoms with E-state index in [9.17, 15) is 13.6 Å². The van der Waals surface area contributed by atoms with E-state index in [1.165, 1.54) is 18.3 Å². The third-order valence-electron chi connectivity index (χ3n) is 4.62. The normalized spacial score (nSPS) is 13.5. The minimum Gasteiger partial charge on any atom is -0.316 e. The van der Waals surface area contributed by atoms with E-state index >= 15 is 0 Å². The van der Waals surface area contributed by atoms with Crippen LogP contribution in [-0.4, -0.2) is 31.4 Å². The summed E-state index contributed by atoms with van der Waals surface area (Å²) in [7, 11) is -3.84. The molecule has 1 atom stereocenters. The first kappa shape index (κ1) is 24.7. The van der Waals surface area contributed by atoms with E-state index < -0.39 is 16.1 Å². The van der Waals surface area contributed by atoms with Crippen LogP contribution in [0.4, 0.5) is 5.82 Å². The number of pyridine rings is 1. The molecule has 0 fully saturated rings. The lowest BCUT2D eigenvalue weighted by Gasteiger charge is -2.19. The molecule has 0 amide bonds. The number of halogens is 1. The molecule has 2 rings (SSSR count). The van der Waals surface area contributed by atoms with E-state index in [4.69, 9.17) is 11.6 Å². The fourth-order valence-corrected chi connectivity index (χ4v) is 4.02. The van der Waals surface area contributed by atoms with Crippen LogP contribution in [0.1, 0.15) is 32.0 Å². The van der Waals surface area contributed by atoms with Crippen molar-refractivity contribution >= 4 is 34.2 Å². The lowest BCUT2D eigenvalue weighted by molar-refractivity contribution is 0.140. The van der Waals surface area contributed by atoms with E-state index in [2.05, 4.69) is 54.2 Å². The molecule has 31 heavy (non-hydrogen) atoms. The second-order valence-electron chi connectivity index (χ2n) is 7.91. The number of sulfonamides is 1. The second kappa shape index (κ2) is 10.2. The van der Waals surface area contributed by atoms with Gasteiger partial charge in [0.25, 0.3) is 10.0 Å². The molecule has 9 heteroatoms. The van der Waals surface area contributed by atoms with Gasteiger partial charge in [0.2, 0.25) is 0 Å². The van der Waals surface area contributed by atoms with Crippen LogP contribution in [0.2, 0.25) is 5.02 Å². The van der Waals surface area contributed by atoms with E-state index in [1.807, 2.05) is 0 Å². The van der Waals surface area contributed by atoms with Gasteiger partial charge in [-0.3, -0.25) is 9.71 Å². The number of aromatic nitrogens is 1. The van der Waals surface area contributed by atoms with E-state index in [1.54, 1.807) is 30.3 Å². The molecule has 1 unspecified atom stereocenters. The molecular formula is C22H27ClN4O3S. The van der Waals surface area contributed by atoms with Crippen LogP contribution >= 0.6 is 11.6 Å². The smallest absolute Gasteiger partial charge is 0.263 e. The maximum absolute atomic E-state index is 12.8. The predicted molar refractivity (Wildman–Crippen MR) is 125 cm³/mol. The highest BCUT2D eigenvalue weighted by Crippen LogP contribution is 2.25. The summed E-state index contributed by atoms with van der Waals surface area (Å²) < 4.78 is 28.1. The van der Waals surface area contributed by atoms with Crippen LogP contribution in [0.25, 0.3) is 0 Å². The lowest BCUT2D eigenvalue weighted by atomic mass is 9.87. The summed E-state index contributed by atoms with van der Waals surface area (Å²) in [6, 6.07) is 9.13. The van der Waals surface area contributed by atoms with Crippen molar-refractivity contribution in [2.75, 3.05) is 4.72 Å². The van der Waals surface area contributed by atoms with Gasteiger partial charge in [-0.2, -0.15) is 5.48 Å². The molecule has 0 aliphatic rings. The Labute approximate surface area is 188 Å².